The molecule has 0 spiro atoms. The highest BCUT2D eigenvalue weighted by molar-refractivity contribution is 5.22. The first-order valence-corrected chi connectivity index (χ1v) is 6.51. The maximum Gasteiger partial charge on any atom is 0.0638 e. The van der Waals surface area contributed by atoms with Crippen LogP contribution in [0.5, 0.6) is 0 Å². The van der Waals surface area contributed by atoms with Gasteiger partial charge in [0.05, 0.1) is 12.5 Å². The number of hydrogen-bond donors (Lipinski definition) is 1. The van der Waals surface area contributed by atoms with Crippen molar-refractivity contribution in [3.63, 3.8) is 0 Å². The molecule has 0 aliphatic heterocycles. The van der Waals surface area contributed by atoms with Crippen LogP contribution in [-0.4, -0.2) is 12.1 Å². The van der Waals surface area contributed by atoms with Crippen LogP contribution < -0.4 is 5.32 Å². The predicted octanol–water partition coefficient (Wildman–Crippen LogP) is 3.21. The van der Waals surface area contributed by atoms with Crippen molar-refractivity contribution >= 4 is 0 Å². The molecule has 1 atom stereocenters. The molecule has 1 fully saturated rings. The van der Waals surface area contributed by atoms with Crippen LogP contribution in [-0.2, 0) is 0 Å². The van der Waals surface area contributed by atoms with Gasteiger partial charge in [-0.3, -0.25) is 0 Å². The fraction of sp³-hybridized carbons (Fsp3) is 0.533. The Morgan fingerprint density at radius 2 is 2.06 bits per heavy atom. The van der Waals surface area contributed by atoms with E-state index in [0.29, 0.717) is 24.4 Å². The molecule has 1 aromatic carbocycles. The predicted molar refractivity (Wildman–Crippen MR) is 69.6 cm³/mol. The van der Waals surface area contributed by atoms with Gasteiger partial charge >= 0.3 is 0 Å². The third-order valence-electron chi connectivity index (χ3n) is 3.71. The lowest BCUT2D eigenvalue weighted by atomic mass is 9.75. The van der Waals surface area contributed by atoms with Crippen LogP contribution in [0.15, 0.2) is 30.3 Å². The van der Waals surface area contributed by atoms with Gasteiger partial charge in [-0.1, -0.05) is 37.3 Å². The summed E-state index contributed by atoms with van der Waals surface area (Å²) in [5.74, 6) is 0.716. The first kappa shape index (κ1) is 12.1. The molecular weight excluding hydrogens is 208 g/mol. The molecule has 0 saturated heterocycles. The second-order valence-corrected chi connectivity index (χ2v) is 4.91. The summed E-state index contributed by atoms with van der Waals surface area (Å²) in [7, 11) is 0. The summed E-state index contributed by atoms with van der Waals surface area (Å²) in [6.45, 7) is 2.14. The van der Waals surface area contributed by atoms with Gasteiger partial charge in [-0.05, 0) is 30.7 Å². The number of nitrogens with one attached hydrogen (secondary N) is 1. The fourth-order valence-electron chi connectivity index (χ4n) is 2.52. The molecule has 1 aliphatic rings. The van der Waals surface area contributed by atoms with Crippen molar-refractivity contribution in [3.8, 4) is 6.07 Å². The Hall–Kier alpha value is -1.33. The van der Waals surface area contributed by atoms with Crippen molar-refractivity contribution in [2.24, 2.45) is 0 Å². The summed E-state index contributed by atoms with van der Waals surface area (Å²) in [5, 5.41) is 12.3. The number of rotatable bonds is 5. The highest BCUT2D eigenvalue weighted by atomic mass is 15.0. The summed E-state index contributed by atoms with van der Waals surface area (Å²) in [6, 6.07) is 14.0. The summed E-state index contributed by atoms with van der Waals surface area (Å²) in [6.07, 6.45) is 4.10. The number of nitrogens with zero attached hydrogens (tertiary/aromatic N) is 1. The van der Waals surface area contributed by atoms with Crippen LogP contribution in [0.2, 0.25) is 0 Å². The molecule has 90 valence electrons. The first-order chi connectivity index (χ1) is 8.33. The lowest BCUT2D eigenvalue weighted by Gasteiger charge is -2.38. The van der Waals surface area contributed by atoms with Gasteiger partial charge in [0.2, 0.25) is 0 Å². The average molecular weight is 228 g/mol. The zero-order chi connectivity index (χ0) is 12.1. The van der Waals surface area contributed by atoms with Gasteiger partial charge < -0.3 is 5.32 Å². The number of nitriles is 1. The topological polar surface area (TPSA) is 35.8 Å². The molecular formula is C15H20N2. The average Bonchev–Trinajstić information content (AvgIpc) is 2.33. The van der Waals surface area contributed by atoms with Crippen LogP contribution in [0, 0.1) is 11.3 Å². The Morgan fingerprint density at radius 1 is 1.35 bits per heavy atom. The van der Waals surface area contributed by atoms with E-state index in [1.165, 1.54) is 18.4 Å². The van der Waals surface area contributed by atoms with Crippen molar-refractivity contribution in [3.05, 3.63) is 35.9 Å². The molecule has 1 unspecified atom stereocenters. The Bertz CT molecular complexity index is 374. The zero-order valence-corrected chi connectivity index (χ0v) is 10.4. The van der Waals surface area contributed by atoms with E-state index in [2.05, 4.69) is 48.6 Å². The van der Waals surface area contributed by atoms with Crippen LogP contribution >= 0.6 is 0 Å². The molecule has 0 aromatic heterocycles. The smallest absolute Gasteiger partial charge is 0.0638 e. The largest absolute Gasteiger partial charge is 0.310 e. The second kappa shape index (κ2) is 5.84. The zero-order valence-electron chi connectivity index (χ0n) is 10.4. The van der Waals surface area contributed by atoms with Crippen LogP contribution in [0.4, 0.5) is 0 Å². The van der Waals surface area contributed by atoms with Crippen LogP contribution in [0.25, 0.3) is 0 Å². The summed E-state index contributed by atoms with van der Waals surface area (Å²) in [4.78, 5) is 0. The third kappa shape index (κ3) is 3.08. The lowest BCUT2D eigenvalue weighted by Crippen LogP contribution is -2.45. The lowest BCUT2D eigenvalue weighted by molar-refractivity contribution is 0.262. The summed E-state index contributed by atoms with van der Waals surface area (Å²) in [5.41, 5.74) is 1.46. The fourth-order valence-corrected chi connectivity index (χ4v) is 2.52. The summed E-state index contributed by atoms with van der Waals surface area (Å²) < 4.78 is 0. The quantitative estimate of drug-likeness (QED) is 0.840. The van der Waals surface area contributed by atoms with Gasteiger partial charge in [-0.15, -0.1) is 0 Å². The van der Waals surface area contributed by atoms with Crippen molar-refractivity contribution in [2.75, 3.05) is 0 Å². The van der Waals surface area contributed by atoms with E-state index >= 15 is 0 Å². The van der Waals surface area contributed by atoms with Gasteiger partial charge in [0, 0.05) is 12.1 Å². The Kier molecular flexibility index (Phi) is 4.17. The van der Waals surface area contributed by atoms with Crippen molar-refractivity contribution in [2.45, 2.75) is 50.6 Å². The van der Waals surface area contributed by atoms with Gasteiger partial charge in [0.15, 0.2) is 0 Å². The van der Waals surface area contributed by atoms with Crippen molar-refractivity contribution < 1.29 is 0 Å². The molecule has 2 rings (SSSR count). The standard InChI is InChI=1S/C15H20N2/c1-2-14(8-9-16)17-15-10-13(11-15)12-6-4-3-5-7-12/h3-7,13-15,17H,2,8,10-11H2,1H3. The van der Waals surface area contributed by atoms with E-state index in [1.54, 1.807) is 0 Å². The highest BCUT2D eigenvalue weighted by Crippen LogP contribution is 2.37. The first-order valence-electron chi connectivity index (χ1n) is 6.51. The molecule has 1 aliphatic carbocycles. The van der Waals surface area contributed by atoms with E-state index in [4.69, 9.17) is 5.26 Å². The highest BCUT2D eigenvalue weighted by Gasteiger charge is 2.30. The van der Waals surface area contributed by atoms with Crippen molar-refractivity contribution in [1.82, 2.24) is 5.32 Å². The molecule has 2 nitrogen and oxygen atoms in total. The monoisotopic (exact) mass is 228 g/mol. The van der Waals surface area contributed by atoms with E-state index in [0.717, 1.165) is 6.42 Å². The van der Waals surface area contributed by atoms with Gasteiger partial charge in [-0.2, -0.15) is 5.26 Å². The molecule has 1 saturated carbocycles. The van der Waals surface area contributed by atoms with Crippen LogP contribution in [0.1, 0.15) is 44.1 Å². The maximum absolute atomic E-state index is 8.71. The molecule has 0 amide bonds. The van der Waals surface area contributed by atoms with Gasteiger partial charge in [-0.25, -0.2) is 0 Å². The molecule has 17 heavy (non-hydrogen) atoms. The minimum Gasteiger partial charge on any atom is -0.310 e. The Labute approximate surface area is 104 Å². The normalized spacial score (nSPS) is 24.7. The summed E-state index contributed by atoms with van der Waals surface area (Å²) >= 11 is 0. The van der Waals surface area contributed by atoms with E-state index in [9.17, 15) is 0 Å². The molecule has 0 heterocycles. The van der Waals surface area contributed by atoms with Crippen LogP contribution in [0.3, 0.4) is 0 Å². The molecule has 1 aromatic rings. The maximum atomic E-state index is 8.71. The Morgan fingerprint density at radius 3 is 2.65 bits per heavy atom. The molecule has 2 heteroatoms. The number of hydrogen-bond acceptors (Lipinski definition) is 2. The molecule has 0 radical (unpaired) electrons. The Balaban J connectivity index is 1.78. The van der Waals surface area contributed by atoms with E-state index in [1.807, 2.05) is 0 Å². The third-order valence-corrected chi connectivity index (χ3v) is 3.71. The van der Waals surface area contributed by atoms with E-state index in [-0.39, 0.29) is 0 Å². The second-order valence-electron chi connectivity index (χ2n) is 4.91. The SMILES string of the molecule is CCC(CC#N)NC1CC(c2ccccc2)C1. The molecule has 1 N–H and O–H groups in total. The van der Waals surface area contributed by atoms with Gasteiger partial charge in [0.25, 0.3) is 0 Å². The minimum atomic E-state index is 0.377. The van der Waals surface area contributed by atoms with Gasteiger partial charge in [0.1, 0.15) is 0 Å². The molecule has 0 bridgehead atoms. The minimum absolute atomic E-state index is 0.377. The van der Waals surface area contributed by atoms with Crippen molar-refractivity contribution in [1.29, 1.82) is 5.26 Å². The number of benzene rings is 1. The van der Waals surface area contributed by atoms with E-state index < -0.39 is 0 Å².